The van der Waals surface area contributed by atoms with Crippen LogP contribution in [0.4, 0.5) is 23.4 Å². The van der Waals surface area contributed by atoms with E-state index in [4.69, 9.17) is 5.73 Å². The number of carbonyl (C=O) groups is 1. The highest BCUT2D eigenvalue weighted by molar-refractivity contribution is 5.96. The molecule has 0 aromatic carbocycles. The Morgan fingerprint density at radius 2 is 1.97 bits per heavy atom. The molecule has 0 atom stereocenters. The van der Waals surface area contributed by atoms with Crippen molar-refractivity contribution in [1.82, 2.24) is 40.4 Å². The minimum absolute atomic E-state index is 0.0284. The number of aromatic nitrogens is 6. The van der Waals surface area contributed by atoms with Gasteiger partial charge in [-0.1, -0.05) is 0 Å². The van der Waals surface area contributed by atoms with Gasteiger partial charge in [0, 0.05) is 5.70 Å². The Balaban J connectivity index is 1.67. The van der Waals surface area contributed by atoms with Gasteiger partial charge in [0.1, 0.15) is 6.07 Å². The highest BCUT2D eigenvalue weighted by Gasteiger charge is 2.41. The van der Waals surface area contributed by atoms with Gasteiger partial charge in [-0.3, -0.25) is 4.79 Å². The second kappa shape index (κ2) is 8.07. The van der Waals surface area contributed by atoms with Gasteiger partial charge in [-0.05, 0) is 18.2 Å². The average Bonchev–Trinajstić information content (AvgIpc) is 3.45. The highest BCUT2D eigenvalue weighted by atomic mass is 19.4. The van der Waals surface area contributed by atoms with Crippen LogP contribution in [0.15, 0.2) is 48.1 Å². The molecule has 1 aliphatic rings. The molecule has 33 heavy (non-hydrogen) atoms. The number of hydrogen-bond acceptors (Lipinski definition) is 8. The Morgan fingerprint density at radius 1 is 1.24 bits per heavy atom. The van der Waals surface area contributed by atoms with Crippen molar-refractivity contribution in [2.45, 2.75) is 6.18 Å². The van der Waals surface area contributed by atoms with Gasteiger partial charge in [0.2, 0.25) is 0 Å². The maximum Gasteiger partial charge on any atom is 0.434 e. The quantitative estimate of drug-likeness (QED) is 0.491. The van der Waals surface area contributed by atoms with Crippen molar-refractivity contribution in [2.24, 2.45) is 0 Å². The smallest absolute Gasteiger partial charge is 0.381 e. The first-order chi connectivity index (χ1) is 15.7. The SMILES string of the molecule is N#CC1=C(n2nccn2)NCC(NC(=O)c2cnn(-c3ccc(F)c(N)n3)c2C(F)(F)F)=C1. The van der Waals surface area contributed by atoms with Gasteiger partial charge in [0.15, 0.2) is 29.0 Å². The molecule has 4 heterocycles. The van der Waals surface area contributed by atoms with Crippen LogP contribution in [-0.2, 0) is 6.18 Å². The van der Waals surface area contributed by atoms with Crippen molar-refractivity contribution in [3.63, 3.8) is 0 Å². The number of nitrogens with two attached hydrogens (primary N) is 1. The molecule has 4 rings (SSSR count). The van der Waals surface area contributed by atoms with Crippen LogP contribution in [0.25, 0.3) is 11.6 Å². The second-order valence-electron chi connectivity index (χ2n) is 6.52. The number of amides is 1. The number of dihydropyridines is 1. The van der Waals surface area contributed by atoms with Crippen LogP contribution in [-0.4, -0.2) is 42.2 Å². The van der Waals surface area contributed by atoms with E-state index in [0.717, 1.165) is 16.9 Å². The van der Waals surface area contributed by atoms with Crippen LogP contribution in [0.1, 0.15) is 16.1 Å². The maximum absolute atomic E-state index is 13.8. The third kappa shape index (κ3) is 4.08. The predicted octanol–water partition coefficient (Wildman–Crippen LogP) is 1.21. The number of alkyl halides is 3. The van der Waals surface area contributed by atoms with E-state index in [1.165, 1.54) is 18.5 Å². The van der Waals surface area contributed by atoms with Gasteiger partial charge in [-0.2, -0.15) is 33.7 Å². The summed E-state index contributed by atoms with van der Waals surface area (Å²) < 4.78 is 55.1. The van der Waals surface area contributed by atoms with E-state index in [9.17, 15) is 27.6 Å². The largest absolute Gasteiger partial charge is 0.434 e. The molecule has 0 radical (unpaired) electrons. The maximum atomic E-state index is 13.8. The lowest BCUT2D eigenvalue weighted by atomic mass is 10.1. The second-order valence-corrected chi connectivity index (χ2v) is 6.52. The molecular weight excluding hydrogens is 448 g/mol. The first-order valence-corrected chi connectivity index (χ1v) is 9.03. The van der Waals surface area contributed by atoms with Crippen molar-refractivity contribution in [3.05, 3.63) is 65.1 Å². The molecule has 168 valence electrons. The molecule has 1 aliphatic heterocycles. The lowest BCUT2D eigenvalue weighted by Gasteiger charge is -2.19. The summed E-state index contributed by atoms with van der Waals surface area (Å²) in [5, 5.41) is 25.9. The lowest BCUT2D eigenvalue weighted by Crippen LogP contribution is -2.34. The van der Waals surface area contributed by atoms with Crippen molar-refractivity contribution in [3.8, 4) is 11.9 Å². The van der Waals surface area contributed by atoms with E-state index in [-0.39, 0.29) is 23.6 Å². The van der Waals surface area contributed by atoms with Gasteiger partial charge in [-0.15, -0.1) is 4.80 Å². The summed E-state index contributed by atoms with van der Waals surface area (Å²) in [5.41, 5.74) is 3.27. The molecule has 0 bridgehead atoms. The predicted molar refractivity (Wildman–Crippen MR) is 103 cm³/mol. The lowest BCUT2D eigenvalue weighted by molar-refractivity contribution is -0.143. The molecule has 0 saturated carbocycles. The summed E-state index contributed by atoms with van der Waals surface area (Å²) in [6, 6.07) is 3.67. The summed E-state index contributed by atoms with van der Waals surface area (Å²) in [5.74, 6) is -2.86. The molecule has 3 aromatic heterocycles. The first kappa shape index (κ1) is 21.5. The van der Waals surface area contributed by atoms with Gasteiger partial charge >= 0.3 is 6.18 Å². The van der Waals surface area contributed by atoms with E-state index in [2.05, 4.69) is 30.9 Å². The number of anilines is 1. The molecule has 3 aromatic rings. The van der Waals surface area contributed by atoms with Gasteiger partial charge < -0.3 is 16.4 Å². The third-order valence-electron chi connectivity index (χ3n) is 4.39. The molecule has 0 unspecified atom stereocenters. The molecule has 15 heteroatoms. The number of pyridine rings is 1. The normalized spacial score (nSPS) is 13.8. The van der Waals surface area contributed by atoms with E-state index >= 15 is 0 Å². The zero-order valence-corrected chi connectivity index (χ0v) is 16.3. The van der Waals surface area contributed by atoms with Crippen molar-refractivity contribution < 1.29 is 22.4 Å². The Bertz CT molecular complexity index is 1330. The fourth-order valence-corrected chi connectivity index (χ4v) is 2.98. The summed E-state index contributed by atoms with van der Waals surface area (Å²) in [4.78, 5) is 17.4. The van der Waals surface area contributed by atoms with E-state index < -0.39 is 40.8 Å². The van der Waals surface area contributed by atoms with Crippen LogP contribution in [0.2, 0.25) is 0 Å². The summed E-state index contributed by atoms with van der Waals surface area (Å²) in [6.07, 6.45) is -0.234. The Labute approximate surface area is 181 Å². The van der Waals surface area contributed by atoms with Crippen LogP contribution in [0, 0.1) is 17.1 Å². The zero-order chi connectivity index (χ0) is 23.8. The number of rotatable bonds is 4. The number of nitrogens with one attached hydrogen (secondary N) is 2. The van der Waals surface area contributed by atoms with Crippen molar-refractivity contribution >= 4 is 17.5 Å². The van der Waals surface area contributed by atoms with Gasteiger partial charge in [0.25, 0.3) is 5.91 Å². The number of hydrogen-bond donors (Lipinski definition) is 3. The standard InChI is InChI=1S/C18H12F4N10O/c19-12-1-2-13(30-15(12)24)31-14(18(20,21)22)11(8-28-31)17(33)29-10-5-9(6-23)16(25-7-10)32-26-3-4-27-32/h1-5,8,25H,7H2,(H2,24,30)(H,29,33). The number of nitrogen functional groups attached to an aromatic ring is 1. The molecule has 1 amide bonds. The summed E-state index contributed by atoms with van der Waals surface area (Å²) in [7, 11) is 0. The molecule has 0 saturated heterocycles. The number of nitriles is 1. The minimum Gasteiger partial charge on any atom is -0.381 e. The summed E-state index contributed by atoms with van der Waals surface area (Å²) in [6.45, 7) is -0.0284. The molecule has 0 fully saturated rings. The zero-order valence-electron chi connectivity index (χ0n) is 16.3. The van der Waals surface area contributed by atoms with Crippen molar-refractivity contribution in [2.75, 3.05) is 12.3 Å². The highest BCUT2D eigenvalue weighted by Crippen LogP contribution is 2.33. The van der Waals surface area contributed by atoms with Gasteiger partial charge in [-0.25, -0.2) is 14.1 Å². The molecule has 4 N–H and O–H groups in total. The fraction of sp³-hybridized carbons (Fsp3) is 0.111. The Hall–Kier alpha value is -4.74. The average molecular weight is 460 g/mol. The third-order valence-corrected chi connectivity index (χ3v) is 4.39. The molecule has 11 nitrogen and oxygen atoms in total. The Kier molecular flexibility index (Phi) is 5.26. The fourth-order valence-electron chi connectivity index (χ4n) is 2.98. The van der Waals surface area contributed by atoms with E-state index in [0.29, 0.717) is 10.9 Å². The Morgan fingerprint density at radius 3 is 2.61 bits per heavy atom. The molecule has 0 aliphatic carbocycles. The van der Waals surface area contributed by atoms with E-state index in [1.807, 2.05) is 6.07 Å². The summed E-state index contributed by atoms with van der Waals surface area (Å²) >= 11 is 0. The number of allylic oxidation sites excluding steroid dienone is 2. The number of carbonyl (C=O) groups excluding carboxylic acids is 1. The molecule has 0 spiro atoms. The van der Waals surface area contributed by atoms with Crippen molar-refractivity contribution in [1.29, 1.82) is 5.26 Å². The van der Waals surface area contributed by atoms with Crippen LogP contribution < -0.4 is 16.4 Å². The number of halogens is 4. The van der Waals surface area contributed by atoms with Crippen LogP contribution in [0.3, 0.4) is 0 Å². The molecular formula is C18H12F4N10O. The topological polar surface area (TPSA) is 152 Å². The van der Waals surface area contributed by atoms with Crippen LogP contribution >= 0.6 is 0 Å². The van der Waals surface area contributed by atoms with Crippen LogP contribution in [0.5, 0.6) is 0 Å². The minimum atomic E-state index is -5.01. The van der Waals surface area contributed by atoms with Gasteiger partial charge in [0.05, 0.1) is 36.3 Å². The number of nitrogens with zero attached hydrogens (tertiary/aromatic N) is 7. The first-order valence-electron chi connectivity index (χ1n) is 9.03. The monoisotopic (exact) mass is 460 g/mol. The van der Waals surface area contributed by atoms with E-state index in [1.54, 1.807) is 0 Å².